The first-order valence-electron chi connectivity index (χ1n) is 15.8. The van der Waals surface area contributed by atoms with E-state index < -0.39 is 22.8 Å². The molecule has 8 rings (SSSR count). The van der Waals surface area contributed by atoms with E-state index in [1.54, 1.807) is 6.20 Å². The van der Waals surface area contributed by atoms with Crippen LogP contribution in [0.15, 0.2) is 34.8 Å². The van der Waals surface area contributed by atoms with Crippen molar-refractivity contribution in [2.24, 2.45) is 17.1 Å². The number of piperazine rings is 1. The van der Waals surface area contributed by atoms with Crippen LogP contribution in [0.5, 0.6) is 6.01 Å². The highest BCUT2D eigenvalue weighted by atomic mass is 32.2. The number of thioether (sulfide) groups is 1. The molecule has 6 heterocycles. The second-order valence-electron chi connectivity index (χ2n) is 13.1. The summed E-state index contributed by atoms with van der Waals surface area (Å²) in [6, 6.07) is 3.50. The second-order valence-corrected chi connectivity index (χ2v) is 14.3. The fourth-order valence-electron chi connectivity index (χ4n) is 7.45. The lowest BCUT2D eigenvalue weighted by Crippen LogP contribution is -2.65. The number of rotatable bonds is 8. The summed E-state index contributed by atoms with van der Waals surface area (Å²) in [5.74, 6) is -1.20. The van der Waals surface area contributed by atoms with Crippen molar-refractivity contribution >= 4 is 34.1 Å². The fourth-order valence-corrected chi connectivity index (χ4v) is 8.63. The summed E-state index contributed by atoms with van der Waals surface area (Å²) < 4.78 is 43.5. The minimum Gasteiger partial charge on any atom is -0.463 e. The molecule has 10 nitrogen and oxygen atoms in total. The molecule has 2 aromatic rings. The Hall–Kier alpha value is -3.31. The highest BCUT2D eigenvalue weighted by molar-refractivity contribution is 8.04. The Bertz CT molecular complexity index is 1670. The molecule has 2 aliphatic carbocycles. The second kappa shape index (κ2) is 11.2. The molecule has 13 heteroatoms. The molecule has 3 saturated heterocycles. The van der Waals surface area contributed by atoms with Gasteiger partial charge in [-0.25, -0.2) is 8.78 Å². The van der Waals surface area contributed by atoms with Crippen molar-refractivity contribution in [2.75, 3.05) is 50.9 Å². The molecule has 1 saturated carbocycles. The van der Waals surface area contributed by atoms with Crippen LogP contribution in [0.25, 0.3) is 16.5 Å². The molecule has 4 aliphatic heterocycles. The van der Waals surface area contributed by atoms with Gasteiger partial charge >= 0.3 is 6.01 Å². The molecule has 3 N–H and O–H groups in total. The van der Waals surface area contributed by atoms with Crippen LogP contribution in [0.3, 0.4) is 0 Å². The normalized spacial score (nSPS) is 30.4. The van der Waals surface area contributed by atoms with Crippen LogP contribution in [-0.4, -0.2) is 89.2 Å². The Morgan fingerprint density at radius 2 is 2.07 bits per heavy atom. The molecule has 2 bridgehead atoms. The van der Waals surface area contributed by atoms with Crippen molar-refractivity contribution in [2.45, 2.75) is 56.0 Å². The van der Waals surface area contributed by atoms with Gasteiger partial charge in [-0.3, -0.25) is 9.88 Å². The van der Waals surface area contributed by atoms with Gasteiger partial charge in [-0.05, 0) is 37.3 Å². The molecule has 0 aromatic carbocycles. The molecule has 4 fully saturated rings. The quantitative estimate of drug-likeness (QED) is 0.442. The first-order valence-corrected chi connectivity index (χ1v) is 16.7. The number of morpholine rings is 1. The zero-order chi connectivity index (χ0) is 30.9. The summed E-state index contributed by atoms with van der Waals surface area (Å²) in [4.78, 5) is 18.7. The third-order valence-electron chi connectivity index (χ3n) is 10.3. The maximum Gasteiger partial charge on any atom is 0.319 e. The summed E-state index contributed by atoms with van der Waals surface area (Å²) in [6.45, 7) is 7.31. The Morgan fingerprint density at radius 1 is 1.24 bits per heavy atom. The Kier molecular flexibility index (Phi) is 7.24. The number of halogens is 2. The van der Waals surface area contributed by atoms with Gasteiger partial charge in [-0.2, -0.15) is 15.2 Å². The summed E-state index contributed by atoms with van der Waals surface area (Å²) in [5.41, 5.74) is 6.89. The number of nitrogens with two attached hydrogens (primary N) is 1. The number of nitrogens with one attached hydrogen (secondary N) is 1. The van der Waals surface area contributed by atoms with E-state index >= 15 is 4.39 Å². The number of hydrogen-bond acceptors (Lipinski definition) is 11. The van der Waals surface area contributed by atoms with Gasteiger partial charge in [0.25, 0.3) is 0 Å². The van der Waals surface area contributed by atoms with Crippen LogP contribution in [0.4, 0.5) is 14.6 Å². The molecule has 6 aliphatic rings. The molecular formula is C32H36F2N8O2S. The minimum atomic E-state index is -0.735. The van der Waals surface area contributed by atoms with E-state index in [9.17, 15) is 9.65 Å². The van der Waals surface area contributed by atoms with Gasteiger partial charge in [0, 0.05) is 61.8 Å². The van der Waals surface area contributed by atoms with Crippen LogP contribution in [0, 0.1) is 28.5 Å². The smallest absolute Gasteiger partial charge is 0.319 e. The first kappa shape index (κ1) is 29.1. The zero-order valence-electron chi connectivity index (χ0n) is 25.1. The predicted molar refractivity (Wildman–Crippen MR) is 167 cm³/mol. The van der Waals surface area contributed by atoms with Crippen molar-refractivity contribution in [3.05, 3.63) is 46.3 Å². The highest BCUT2D eigenvalue weighted by Crippen LogP contribution is 2.52. The van der Waals surface area contributed by atoms with Gasteiger partial charge in [0.1, 0.15) is 22.9 Å². The average molecular weight is 635 g/mol. The van der Waals surface area contributed by atoms with Gasteiger partial charge in [0.15, 0.2) is 5.82 Å². The van der Waals surface area contributed by atoms with Gasteiger partial charge in [-0.1, -0.05) is 24.8 Å². The highest BCUT2D eigenvalue weighted by Gasteiger charge is 2.51. The van der Waals surface area contributed by atoms with Crippen LogP contribution in [0.1, 0.15) is 38.3 Å². The van der Waals surface area contributed by atoms with Gasteiger partial charge in [0.2, 0.25) is 0 Å². The fraction of sp³-hybridized carbons (Fsp3) is 0.562. The van der Waals surface area contributed by atoms with Crippen molar-refractivity contribution in [1.29, 1.82) is 5.26 Å². The molecule has 5 unspecified atom stereocenters. The van der Waals surface area contributed by atoms with Crippen molar-refractivity contribution in [1.82, 2.24) is 25.2 Å². The minimum absolute atomic E-state index is 0.0249. The summed E-state index contributed by atoms with van der Waals surface area (Å²) >= 11 is 1.09. The number of pyridine rings is 1. The number of fused-ring (bicyclic) bond motifs is 4. The van der Waals surface area contributed by atoms with Crippen LogP contribution in [0.2, 0.25) is 0 Å². The molecule has 2 aromatic heterocycles. The van der Waals surface area contributed by atoms with E-state index in [0.29, 0.717) is 48.6 Å². The number of anilines is 1. The van der Waals surface area contributed by atoms with E-state index in [1.165, 1.54) is 18.6 Å². The number of allylic oxidation sites excluding steroid dienone is 4. The van der Waals surface area contributed by atoms with Crippen LogP contribution in [-0.2, 0) is 4.74 Å². The third-order valence-corrected chi connectivity index (χ3v) is 11.6. The van der Waals surface area contributed by atoms with Crippen molar-refractivity contribution < 1.29 is 18.3 Å². The van der Waals surface area contributed by atoms with Gasteiger partial charge in [-0.15, -0.1) is 0 Å². The number of nitriles is 1. The van der Waals surface area contributed by atoms with Gasteiger partial charge < -0.3 is 25.4 Å². The Balaban J connectivity index is 1.15. The molecule has 45 heavy (non-hydrogen) atoms. The van der Waals surface area contributed by atoms with E-state index in [0.717, 1.165) is 57.3 Å². The van der Waals surface area contributed by atoms with Gasteiger partial charge in [0.05, 0.1) is 47.1 Å². The molecule has 0 spiro atoms. The van der Waals surface area contributed by atoms with E-state index in [4.69, 9.17) is 20.2 Å². The number of aromatic nitrogens is 3. The van der Waals surface area contributed by atoms with Crippen molar-refractivity contribution in [3.8, 4) is 12.1 Å². The largest absolute Gasteiger partial charge is 0.463 e. The van der Waals surface area contributed by atoms with Crippen LogP contribution >= 0.6 is 11.8 Å². The number of ether oxygens (including phenoxy) is 2. The summed E-state index contributed by atoms with van der Waals surface area (Å²) in [6.07, 6.45) is 8.68. The standard InChI is InChI=1S/C32H36F2N8O2S/c1-2-17-12-41(8-7-37-17)30-22-11-38-26(20-3-4-23(33)28-24(20)21(10-35)29(36)45-28)25(34)27(22)39-31(40-30)44-16-32(5-6-32)15-42-18-9-19(42)14-43-13-18/h3-4,11,17-19,24,28,37H,2,5-9,12-16,36H2,1H3. The SMILES string of the molecule is CCC1CN(c2nc(OCC3(CN4C5COCC4C5)CC3)nc3c(F)c(C4=CC=C(F)C5SC(N)=C(C#N)C45)ncc23)CCN1. The lowest BCUT2D eigenvalue weighted by molar-refractivity contribution is -0.135. The lowest BCUT2D eigenvalue weighted by atomic mass is 9.83. The molecule has 0 amide bonds. The third kappa shape index (κ3) is 4.97. The monoisotopic (exact) mass is 634 g/mol. The van der Waals surface area contributed by atoms with E-state index in [2.05, 4.69) is 38.1 Å². The zero-order valence-corrected chi connectivity index (χ0v) is 26.0. The summed E-state index contributed by atoms with van der Waals surface area (Å²) in [7, 11) is 0. The summed E-state index contributed by atoms with van der Waals surface area (Å²) in [5, 5.41) is 13.4. The predicted octanol–water partition coefficient (Wildman–Crippen LogP) is 3.66. The molecule has 236 valence electrons. The topological polar surface area (TPSA) is 125 Å². The number of nitrogens with zero attached hydrogens (tertiary/aromatic N) is 6. The lowest BCUT2D eigenvalue weighted by Gasteiger charge is -2.53. The maximum atomic E-state index is 16.7. The van der Waals surface area contributed by atoms with E-state index in [1.807, 2.05) is 0 Å². The molecule has 0 radical (unpaired) electrons. The Labute approximate surface area is 264 Å². The van der Waals surface area contributed by atoms with Crippen LogP contribution < -0.4 is 20.7 Å². The van der Waals surface area contributed by atoms with Crippen molar-refractivity contribution in [3.63, 3.8) is 0 Å². The molecule has 5 atom stereocenters. The Morgan fingerprint density at radius 3 is 2.80 bits per heavy atom. The first-order chi connectivity index (χ1) is 21.9. The average Bonchev–Trinajstić information content (AvgIpc) is 3.76. The molecular weight excluding hydrogens is 598 g/mol. The number of hydrogen-bond donors (Lipinski definition) is 2. The van der Waals surface area contributed by atoms with E-state index in [-0.39, 0.29) is 39.3 Å². The maximum absolute atomic E-state index is 16.7.